The van der Waals surface area contributed by atoms with Gasteiger partial charge in [-0.25, -0.2) is 9.97 Å². The zero-order valence-electron chi connectivity index (χ0n) is 12.9. The van der Waals surface area contributed by atoms with Gasteiger partial charge in [-0.3, -0.25) is 10.4 Å². The van der Waals surface area contributed by atoms with Gasteiger partial charge < -0.3 is 4.98 Å². The summed E-state index contributed by atoms with van der Waals surface area (Å²) >= 11 is 0. The van der Waals surface area contributed by atoms with Gasteiger partial charge in [0.2, 0.25) is 0 Å². The largest absolute Gasteiger partial charge is 0.346 e. The van der Waals surface area contributed by atoms with Crippen LogP contribution in [0.3, 0.4) is 0 Å². The Balaban J connectivity index is 1.60. The first kappa shape index (κ1) is 13.6. The third-order valence-corrected chi connectivity index (χ3v) is 4.84. The predicted molar refractivity (Wildman–Crippen MR) is 86.0 cm³/mol. The standard InChI is InChI=1S/C16H22N6/c1-11-14(15-13-7-8-17-16(13)19-10-18-15)20-21-22(11)9-12-5-3-2-4-6-12/h7-8,10,12,20-21H,2-6,9H2,1H3,(H,17,18,19). The molecule has 0 amide bonds. The van der Waals surface area contributed by atoms with Gasteiger partial charge in [-0.1, -0.05) is 19.3 Å². The highest BCUT2D eigenvalue weighted by Crippen LogP contribution is 2.29. The number of H-pyrrole nitrogens is 1. The molecule has 1 aliphatic heterocycles. The molecule has 2 aliphatic rings. The fourth-order valence-electron chi connectivity index (χ4n) is 3.55. The van der Waals surface area contributed by atoms with Crippen LogP contribution in [0, 0.1) is 5.92 Å². The number of allylic oxidation sites excluding steroid dienone is 1. The first-order valence-electron chi connectivity index (χ1n) is 8.11. The molecule has 6 nitrogen and oxygen atoms in total. The Morgan fingerprint density at radius 3 is 2.95 bits per heavy atom. The van der Waals surface area contributed by atoms with Gasteiger partial charge in [0, 0.05) is 18.1 Å². The van der Waals surface area contributed by atoms with Crippen molar-refractivity contribution in [2.75, 3.05) is 6.54 Å². The average Bonchev–Trinajstić information content (AvgIpc) is 3.16. The fraction of sp³-hybridized carbons (Fsp3) is 0.500. The minimum absolute atomic E-state index is 0.787. The molecule has 0 radical (unpaired) electrons. The molecule has 3 heterocycles. The topological polar surface area (TPSA) is 68.9 Å². The van der Waals surface area contributed by atoms with Gasteiger partial charge in [0.25, 0.3) is 0 Å². The Bertz CT molecular complexity index is 697. The fourth-order valence-corrected chi connectivity index (χ4v) is 3.55. The van der Waals surface area contributed by atoms with E-state index < -0.39 is 0 Å². The molecular formula is C16H22N6. The Morgan fingerprint density at radius 2 is 2.09 bits per heavy atom. The van der Waals surface area contributed by atoms with E-state index in [1.807, 2.05) is 12.3 Å². The van der Waals surface area contributed by atoms with Crippen LogP contribution in [0.15, 0.2) is 24.3 Å². The summed E-state index contributed by atoms with van der Waals surface area (Å²) in [5.74, 6) is 0.787. The highest BCUT2D eigenvalue weighted by molar-refractivity contribution is 5.88. The normalized spacial score (nSPS) is 20.0. The van der Waals surface area contributed by atoms with Gasteiger partial charge in [0.15, 0.2) is 0 Å². The molecule has 0 bridgehead atoms. The summed E-state index contributed by atoms with van der Waals surface area (Å²) in [4.78, 5) is 11.9. The van der Waals surface area contributed by atoms with E-state index in [9.17, 15) is 0 Å². The van der Waals surface area contributed by atoms with Crippen molar-refractivity contribution >= 4 is 16.7 Å². The van der Waals surface area contributed by atoms with Crippen molar-refractivity contribution in [1.29, 1.82) is 0 Å². The summed E-state index contributed by atoms with van der Waals surface area (Å²) in [7, 11) is 0. The maximum absolute atomic E-state index is 4.47. The van der Waals surface area contributed by atoms with E-state index >= 15 is 0 Å². The van der Waals surface area contributed by atoms with E-state index in [2.05, 4.69) is 37.8 Å². The van der Waals surface area contributed by atoms with Gasteiger partial charge in [0.1, 0.15) is 17.7 Å². The lowest BCUT2D eigenvalue weighted by atomic mass is 9.89. The molecule has 1 fully saturated rings. The lowest BCUT2D eigenvalue weighted by molar-refractivity contribution is 0.187. The van der Waals surface area contributed by atoms with Crippen molar-refractivity contribution in [1.82, 2.24) is 30.9 Å². The van der Waals surface area contributed by atoms with E-state index in [1.165, 1.54) is 37.8 Å². The molecule has 0 unspecified atom stereocenters. The van der Waals surface area contributed by atoms with E-state index in [0.717, 1.165) is 34.9 Å². The zero-order chi connectivity index (χ0) is 14.9. The van der Waals surface area contributed by atoms with Crippen LogP contribution in [-0.2, 0) is 0 Å². The van der Waals surface area contributed by atoms with Crippen LogP contribution >= 0.6 is 0 Å². The minimum atomic E-state index is 0.787. The Hall–Kier alpha value is -2.08. The second-order valence-corrected chi connectivity index (χ2v) is 6.27. The lowest BCUT2D eigenvalue weighted by Gasteiger charge is -2.28. The number of nitrogens with one attached hydrogen (secondary N) is 3. The zero-order valence-corrected chi connectivity index (χ0v) is 12.9. The van der Waals surface area contributed by atoms with Crippen molar-refractivity contribution in [2.45, 2.75) is 39.0 Å². The molecule has 1 aliphatic carbocycles. The molecule has 1 saturated carbocycles. The molecule has 0 aromatic carbocycles. The summed E-state index contributed by atoms with van der Waals surface area (Å²) in [6.45, 7) is 3.20. The Morgan fingerprint density at radius 1 is 1.23 bits per heavy atom. The molecule has 116 valence electrons. The number of hydrogen-bond acceptors (Lipinski definition) is 5. The first-order valence-corrected chi connectivity index (χ1v) is 8.11. The van der Waals surface area contributed by atoms with E-state index in [0.29, 0.717) is 0 Å². The number of fused-ring (bicyclic) bond motifs is 1. The maximum Gasteiger partial charge on any atom is 0.141 e. The molecule has 3 N–H and O–H groups in total. The maximum atomic E-state index is 4.47. The second kappa shape index (κ2) is 5.61. The van der Waals surface area contributed by atoms with Crippen LogP contribution in [0.25, 0.3) is 16.7 Å². The van der Waals surface area contributed by atoms with Crippen molar-refractivity contribution in [3.05, 3.63) is 30.0 Å². The minimum Gasteiger partial charge on any atom is -0.346 e. The van der Waals surface area contributed by atoms with Crippen LogP contribution in [0.4, 0.5) is 0 Å². The summed E-state index contributed by atoms with van der Waals surface area (Å²) in [5.41, 5.74) is 10.7. The second-order valence-electron chi connectivity index (χ2n) is 6.27. The van der Waals surface area contributed by atoms with Gasteiger partial charge in [-0.2, -0.15) is 0 Å². The summed E-state index contributed by atoms with van der Waals surface area (Å²) in [6.07, 6.45) is 10.3. The third-order valence-electron chi connectivity index (χ3n) is 4.84. The lowest BCUT2D eigenvalue weighted by Crippen LogP contribution is -2.40. The Labute approximate surface area is 130 Å². The van der Waals surface area contributed by atoms with Crippen LogP contribution in [0.2, 0.25) is 0 Å². The molecule has 0 saturated heterocycles. The number of aromatic nitrogens is 3. The van der Waals surface area contributed by atoms with Crippen LogP contribution in [-0.4, -0.2) is 26.5 Å². The monoisotopic (exact) mass is 298 g/mol. The molecular weight excluding hydrogens is 276 g/mol. The van der Waals surface area contributed by atoms with Crippen molar-refractivity contribution in [2.24, 2.45) is 5.92 Å². The number of aromatic amines is 1. The van der Waals surface area contributed by atoms with Crippen molar-refractivity contribution in [3.63, 3.8) is 0 Å². The molecule has 2 aromatic heterocycles. The summed E-state index contributed by atoms with van der Waals surface area (Å²) in [5, 5.41) is 3.28. The van der Waals surface area contributed by atoms with Gasteiger partial charge >= 0.3 is 0 Å². The highest BCUT2D eigenvalue weighted by Gasteiger charge is 2.25. The number of hydrazine groups is 2. The quantitative estimate of drug-likeness (QED) is 0.812. The Kier molecular flexibility index (Phi) is 3.46. The SMILES string of the molecule is CC1=C(c2ncnc3[nH]ccc23)NNN1CC1CCCCC1. The van der Waals surface area contributed by atoms with Gasteiger partial charge in [-0.15, -0.1) is 5.53 Å². The molecule has 0 spiro atoms. The number of hydrogen-bond donors (Lipinski definition) is 3. The summed E-state index contributed by atoms with van der Waals surface area (Å²) < 4.78 is 0. The molecule has 6 heteroatoms. The summed E-state index contributed by atoms with van der Waals surface area (Å²) in [6, 6.07) is 2.02. The number of nitrogens with zero attached hydrogens (tertiary/aromatic N) is 3. The van der Waals surface area contributed by atoms with E-state index in [-0.39, 0.29) is 0 Å². The molecule has 0 atom stereocenters. The first-order chi connectivity index (χ1) is 10.8. The molecule has 4 rings (SSSR count). The van der Waals surface area contributed by atoms with Crippen LogP contribution in [0.1, 0.15) is 44.7 Å². The smallest absolute Gasteiger partial charge is 0.141 e. The molecule has 2 aromatic rings. The predicted octanol–water partition coefficient (Wildman–Crippen LogP) is 2.55. The van der Waals surface area contributed by atoms with Gasteiger partial charge in [-0.05, 0) is 31.7 Å². The third kappa shape index (κ3) is 2.33. The van der Waals surface area contributed by atoms with Gasteiger partial charge in [0.05, 0.1) is 11.4 Å². The highest BCUT2D eigenvalue weighted by atomic mass is 15.7. The molecule has 22 heavy (non-hydrogen) atoms. The number of rotatable bonds is 3. The van der Waals surface area contributed by atoms with Crippen LogP contribution in [0.5, 0.6) is 0 Å². The van der Waals surface area contributed by atoms with E-state index in [4.69, 9.17) is 0 Å². The average molecular weight is 298 g/mol. The van der Waals surface area contributed by atoms with Crippen molar-refractivity contribution < 1.29 is 0 Å². The van der Waals surface area contributed by atoms with E-state index in [1.54, 1.807) is 6.33 Å². The van der Waals surface area contributed by atoms with Crippen molar-refractivity contribution in [3.8, 4) is 0 Å². The van der Waals surface area contributed by atoms with Crippen LogP contribution < -0.4 is 11.0 Å².